The van der Waals surface area contributed by atoms with Crippen molar-refractivity contribution in [2.75, 3.05) is 0 Å². The van der Waals surface area contributed by atoms with Crippen molar-refractivity contribution >= 4 is 0 Å². The molecule has 0 bridgehead atoms. The second-order valence-corrected chi connectivity index (χ2v) is 14.5. The van der Waals surface area contributed by atoms with Crippen molar-refractivity contribution in [1.29, 1.82) is 0 Å². The summed E-state index contributed by atoms with van der Waals surface area (Å²) in [6.45, 7) is 9.40. The molecule has 0 aliphatic rings. The third-order valence-electron chi connectivity index (χ3n) is 10.1. The summed E-state index contributed by atoms with van der Waals surface area (Å²) in [5, 5.41) is 0. The summed E-state index contributed by atoms with van der Waals surface area (Å²) in [6.07, 6.45) is 53.4. The highest BCUT2D eigenvalue weighted by Gasteiger charge is 2.16. The zero-order valence-corrected chi connectivity index (χ0v) is 31.0. The summed E-state index contributed by atoms with van der Waals surface area (Å²) < 4.78 is 5.25. The Morgan fingerprint density at radius 2 is 0.705 bits per heavy atom. The Morgan fingerprint density at radius 3 is 1.09 bits per heavy atom. The van der Waals surface area contributed by atoms with Crippen LogP contribution in [0, 0.1) is 0 Å². The molecule has 1 heterocycles. The van der Waals surface area contributed by atoms with E-state index in [2.05, 4.69) is 42.3 Å². The lowest BCUT2D eigenvalue weighted by Gasteiger charge is -2.07. The lowest BCUT2D eigenvalue weighted by atomic mass is 10.0. The first-order valence-electron chi connectivity index (χ1n) is 20.9. The first-order chi connectivity index (χ1) is 21.8. The smallest absolute Gasteiger partial charge is 0.234 e. The van der Waals surface area contributed by atoms with Crippen LogP contribution in [0.3, 0.4) is 0 Å². The van der Waals surface area contributed by atoms with E-state index in [4.69, 9.17) is 0 Å². The van der Waals surface area contributed by atoms with Gasteiger partial charge in [0.25, 0.3) is 5.82 Å². The van der Waals surface area contributed by atoms with Gasteiger partial charge in [-0.25, -0.2) is 9.13 Å². The molecule has 0 saturated heterocycles. The second-order valence-electron chi connectivity index (χ2n) is 14.5. The lowest BCUT2D eigenvalue weighted by molar-refractivity contribution is -0.704. The molecule has 1 aromatic heterocycles. The standard InChI is InChI=1S/C42H83N2/c1-4-7-10-13-15-17-19-20-21-22-23-24-26-28-30-33-36-39-44-41-40-43(38-35-32-12-9-6-3)42(44)37-34-31-29-27-25-18-16-14-11-8-5-2/h40-41H,4-39H2,1-3H3/q+1. The van der Waals surface area contributed by atoms with Crippen LogP contribution in [0.2, 0.25) is 0 Å². The van der Waals surface area contributed by atoms with Crippen molar-refractivity contribution in [3.63, 3.8) is 0 Å². The fraction of sp³-hybridized carbons (Fsp3) is 0.929. The van der Waals surface area contributed by atoms with E-state index in [-0.39, 0.29) is 0 Å². The first-order valence-corrected chi connectivity index (χ1v) is 20.9. The number of hydrogen-bond donors (Lipinski definition) is 0. The van der Waals surface area contributed by atoms with Crippen molar-refractivity contribution in [3.8, 4) is 0 Å². The third-order valence-corrected chi connectivity index (χ3v) is 10.1. The molecule has 2 heteroatoms. The largest absolute Gasteiger partial charge is 0.256 e. The van der Waals surface area contributed by atoms with Crippen LogP contribution in [-0.2, 0) is 19.5 Å². The maximum Gasteiger partial charge on any atom is 0.256 e. The van der Waals surface area contributed by atoms with E-state index in [0.29, 0.717) is 0 Å². The predicted molar refractivity (Wildman–Crippen MR) is 198 cm³/mol. The maximum absolute atomic E-state index is 2.63. The summed E-state index contributed by atoms with van der Waals surface area (Å²) in [7, 11) is 0. The minimum Gasteiger partial charge on any atom is -0.234 e. The number of aryl methyl sites for hydroxylation is 2. The van der Waals surface area contributed by atoms with Gasteiger partial charge in [-0.05, 0) is 32.1 Å². The Bertz CT molecular complexity index is 677. The number of nitrogens with zero attached hydrogens (tertiary/aromatic N) is 2. The highest BCUT2D eigenvalue weighted by atomic mass is 15.1. The van der Waals surface area contributed by atoms with Crippen molar-refractivity contribution < 1.29 is 4.57 Å². The monoisotopic (exact) mass is 616 g/mol. The summed E-state index contributed by atoms with van der Waals surface area (Å²) in [6, 6.07) is 0. The van der Waals surface area contributed by atoms with Crippen LogP contribution in [0.5, 0.6) is 0 Å². The van der Waals surface area contributed by atoms with Gasteiger partial charge in [0.1, 0.15) is 12.4 Å². The van der Waals surface area contributed by atoms with Gasteiger partial charge in [-0.1, -0.05) is 201 Å². The Balaban J connectivity index is 2.16. The highest BCUT2D eigenvalue weighted by molar-refractivity contribution is 4.84. The Labute approximate surface area is 279 Å². The molecule has 2 nitrogen and oxygen atoms in total. The molecule has 0 aliphatic carbocycles. The molecule has 0 fully saturated rings. The van der Waals surface area contributed by atoms with Crippen molar-refractivity contribution in [3.05, 3.63) is 18.2 Å². The van der Waals surface area contributed by atoms with E-state index in [1.165, 1.54) is 231 Å². The fourth-order valence-electron chi connectivity index (χ4n) is 7.03. The van der Waals surface area contributed by atoms with E-state index in [1.54, 1.807) is 5.82 Å². The molecular weight excluding hydrogens is 532 g/mol. The molecule has 0 atom stereocenters. The number of hydrogen-bond acceptors (Lipinski definition) is 0. The van der Waals surface area contributed by atoms with E-state index in [0.717, 1.165) is 0 Å². The maximum atomic E-state index is 2.63. The highest BCUT2D eigenvalue weighted by Crippen LogP contribution is 2.16. The molecule has 0 spiro atoms. The number of unbranched alkanes of at least 4 members (excludes halogenated alkanes) is 30. The molecule has 1 aromatic rings. The van der Waals surface area contributed by atoms with Gasteiger partial charge in [0.2, 0.25) is 0 Å². The van der Waals surface area contributed by atoms with Crippen molar-refractivity contribution in [1.82, 2.24) is 4.57 Å². The molecule has 0 saturated carbocycles. The van der Waals surface area contributed by atoms with E-state index in [1.807, 2.05) is 0 Å². The molecule has 1 rings (SSSR count). The molecule has 260 valence electrons. The number of imidazole rings is 1. The number of aromatic nitrogens is 2. The van der Waals surface area contributed by atoms with Gasteiger partial charge in [-0.2, -0.15) is 0 Å². The van der Waals surface area contributed by atoms with Gasteiger partial charge in [-0.15, -0.1) is 0 Å². The molecule has 0 unspecified atom stereocenters. The zero-order chi connectivity index (χ0) is 31.6. The van der Waals surface area contributed by atoms with Gasteiger partial charge in [0, 0.05) is 6.42 Å². The van der Waals surface area contributed by atoms with Crippen LogP contribution in [-0.4, -0.2) is 4.57 Å². The van der Waals surface area contributed by atoms with Crippen LogP contribution in [0.1, 0.15) is 238 Å². The van der Waals surface area contributed by atoms with Crippen LogP contribution in [0.15, 0.2) is 12.4 Å². The Hall–Kier alpha value is -0.790. The summed E-state index contributed by atoms with van der Waals surface area (Å²) >= 11 is 0. The average Bonchev–Trinajstić information content (AvgIpc) is 3.42. The fourth-order valence-corrected chi connectivity index (χ4v) is 7.03. The van der Waals surface area contributed by atoms with Gasteiger partial charge < -0.3 is 0 Å². The predicted octanol–water partition coefficient (Wildman–Crippen LogP) is 14.3. The summed E-state index contributed by atoms with van der Waals surface area (Å²) in [5.74, 6) is 1.62. The molecule has 0 N–H and O–H groups in total. The first kappa shape index (κ1) is 41.2. The Morgan fingerprint density at radius 1 is 0.386 bits per heavy atom. The van der Waals surface area contributed by atoms with Crippen LogP contribution < -0.4 is 4.57 Å². The molecular formula is C42H83N2+. The summed E-state index contributed by atoms with van der Waals surface area (Å²) in [5.41, 5.74) is 0. The average molecular weight is 616 g/mol. The van der Waals surface area contributed by atoms with Gasteiger partial charge in [0.05, 0.1) is 13.1 Å². The van der Waals surface area contributed by atoms with Gasteiger partial charge in [-0.3, -0.25) is 0 Å². The third kappa shape index (κ3) is 25.4. The SMILES string of the molecule is CCCCCCCCCCCCCCCCCCCn1cc[n+](CCCCCCC)c1CCCCCCCCCCCCC. The molecule has 44 heavy (non-hydrogen) atoms. The minimum absolute atomic E-state index is 1.23. The minimum atomic E-state index is 1.23. The quantitative estimate of drug-likeness (QED) is 0.0524. The van der Waals surface area contributed by atoms with Crippen LogP contribution in [0.25, 0.3) is 0 Å². The van der Waals surface area contributed by atoms with E-state index in [9.17, 15) is 0 Å². The van der Waals surface area contributed by atoms with Gasteiger partial charge in [0.15, 0.2) is 0 Å². The summed E-state index contributed by atoms with van der Waals surface area (Å²) in [4.78, 5) is 0. The topological polar surface area (TPSA) is 8.81 Å². The van der Waals surface area contributed by atoms with Crippen molar-refractivity contribution in [2.45, 2.75) is 252 Å². The van der Waals surface area contributed by atoms with E-state index >= 15 is 0 Å². The van der Waals surface area contributed by atoms with Crippen molar-refractivity contribution in [2.24, 2.45) is 0 Å². The normalized spacial score (nSPS) is 11.6. The molecule has 0 aromatic carbocycles. The molecule has 0 amide bonds. The van der Waals surface area contributed by atoms with Gasteiger partial charge >= 0.3 is 0 Å². The van der Waals surface area contributed by atoms with Crippen LogP contribution in [0.4, 0.5) is 0 Å². The number of rotatable bonds is 36. The Kier molecular flexibility index (Phi) is 31.5. The molecule has 0 radical (unpaired) electrons. The van der Waals surface area contributed by atoms with Crippen LogP contribution >= 0.6 is 0 Å². The lowest BCUT2D eigenvalue weighted by Crippen LogP contribution is -2.37. The van der Waals surface area contributed by atoms with E-state index < -0.39 is 0 Å². The zero-order valence-electron chi connectivity index (χ0n) is 31.0. The second kappa shape index (κ2) is 33.6. The molecule has 0 aliphatic heterocycles.